The Bertz CT molecular complexity index is 1060. The first-order valence-electron chi connectivity index (χ1n) is 8.77. The molecular weight excluding hydrogens is 418 g/mol. The number of nitro groups is 1. The summed E-state index contributed by atoms with van der Waals surface area (Å²) in [6, 6.07) is 7.77. The van der Waals surface area contributed by atoms with E-state index in [1.165, 1.54) is 12.1 Å². The van der Waals surface area contributed by atoms with Gasteiger partial charge in [-0.15, -0.1) is 0 Å². The summed E-state index contributed by atoms with van der Waals surface area (Å²) in [4.78, 5) is 23.5. The van der Waals surface area contributed by atoms with Gasteiger partial charge in [0.05, 0.1) is 16.9 Å². The highest BCUT2D eigenvalue weighted by Gasteiger charge is 2.33. The number of benzene rings is 2. The summed E-state index contributed by atoms with van der Waals surface area (Å²) in [6.45, 7) is 5.11. The third-order valence-electron chi connectivity index (χ3n) is 4.41. The normalized spacial score (nSPS) is 12.3. The van der Waals surface area contributed by atoms with E-state index in [1.54, 1.807) is 32.0 Å². The molecule has 1 amide bonds. The van der Waals surface area contributed by atoms with E-state index in [4.69, 9.17) is 11.6 Å². The zero-order valence-corrected chi connectivity index (χ0v) is 18.0. The predicted molar refractivity (Wildman–Crippen MR) is 114 cm³/mol. The summed E-state index contributed by atoms with van der Waals surface area (Å²) in [5.74, 6) is -0.566. The Morgan fingerprint density at radius 2 is 1.83 bits per heavy atom. The summed E-state index contributed by atoms with van der Waals surface area (Å²) in [5.41, 5.74) is 1.58. The SMILES string of the molecule is CCC(C(=O)Nc1ccc(C)c(Cl)c1)N(c1cc([N+](=O)[O-])ccc1C)S(C)(=O)=O. The van der Waals surface area contributed by atoms with Gasteiger partial charge in [0.1, 0.15) is 6.04 Å². The van der Waals surface area contributed by atoms with Gasteiger partial charge in [0.2, 0.25) is 15.9 Å². The van der Waals surface area contributed by atoms with E-state index in [1.807, 2.05) is 6.92 Å². The van der Waals surface area contributed by atoms with Crippen LogP contribution < -0.4 is 9.62 Å². The van der Waals surface area contributed by atoms with Gasteiger partial charge in [0.25, 0.3) is 5.69 Å². The van der Waals surface area contributed by atoms with Crippen LogP contribution in [0, 0.1) is 24.0 Å². The van der Waals surface area contributed by atoms with Gasteiger partial charge in [0, 0.05) is 22.8 Å². The van der Waals surface area contributed by atoms with Crippen molar-refractivity contribution in [3.05, 3.63) is 62.7 Å². The molecule has 2 rings (SSSR count). The molecule has 0 aliphatic heterocycles. The van der Waals surface area contributed by atoms with Crippen molar-refractivity contribution in [2.24, 2.45) is 0 Å². The van der Waals surface area contributed by atoms with Crippen molar-refractivity contribution in [3.63, 3.8) is 0 Å². The molecule has 1 unspecified atom stereocenters. The van der Waals surface area contributed by atoms with Gasteiger partial charge >= 0.3 is 0 Å². The fraction of sp³-hybridized carbons (Fsp3) is 0.316. The Morgan fingerprint density at radius 3 is 2.34 bits per heavy atom. The zero-order valence-electron chi connectivity index (χ0n) is 16.5. The highest BCUT2D eigenvalue weighted by Crippen LogP contribution is 2.30. The first-order valence-corrected chi connectivity index (χ1v) is 11.0. The molecule has 0 aromatic heterocycles. The lowest BCUT2D eigenvalue weighted by Crippen LogP contribution is -2.47. The van der Waals surface area contributed by atoms with Gasteiger partial charge in [0.15, 0.2) is 0 Å². The molecule has 10 heteroatoms. The van der Waals surface area contributed by atoms with Gasteiger partial charge in [-0.1, -0.05) is 30.7 Å². The molecule has 0 saturated carbocycles. The largest absolute Gasteiger partial charge is 0.324 e. The maximum Gasteiger partial charge on any atom is 0.271 e. The van der Waals surface area contributed by atoms with Gasteiger partial charge < -0.3 is 5.32 Å². The second kappa shape index (κ2) is 8.79. The number of halogens is 1. The zero-order chi connectivity index (χ0) is 21.9. The quantitative estimate of drug-likeness (QED) is 0.517. The van der Waals surface area contributed by atoms with Gasteiger partial charge in [-0.25, -0.2) is 8.42 Å². The third kappa shape index (κ3) is 5.24. The molecule has 0 aliphatic carbocycles. The number of nitro benzene ring substituents is 1. The van der Waals surface area contributed by atoms with Crippen molar-refractivity contribution in [3.8, 4) is 0 Å². The molecule has 0 spiro atoms. The summed E-state index contributed by atoms with van der Waals surface area (Å²) in [5, 5.41) is 14.3. The number of hydrogen-bond acceptors (Lipinski definition) is 5. The molecule has 8 nitrogen and oxygen atoms in total. The van der Waals surface area contributed by atoms with Crippen molar-refractivity contribution in [1.29, 1.82) is 0 Å². The summed E-state index contributed by atoms with van der Waals surface area (Å²) in [7, 11) is -3.92. The minimum absolute atomic E-state index is 0.0886. The monoisotopic (exact) mass is 439 g/mol. The minimum Gasteiger partial charge on any atom is -0.324 e. The number of anilines is 2. The van der Waals surface area contributed by atoms with Crippen molar-refractivity contribution in [1.82, 2.24) is 0 Å². The maximum absolute atomic E-state index is 12.9. The first kappa shape index (κ1) is 22.6. The second-order valence-electron chi connectivity index (χ2n) is 6.66. The van der Waals surface area contributed by atoms with E-state index in [0.29, 0.717) is 16.3 Å². The average molecular weight is 440 g/mol. The van der Waals surface area contributed by atoms with E-state index in [-0.39, 0.29) is 17.8 Å². The Hall–Kier alpha value is -2.65. The highest BCUT2D eigenvalue weighted by atomic mass is 35.5. The van der Waals surface area contributed by atoms with Crippen LogP contribution in [0.1, 0.15) is 24.5 Å². The molecule has 2 aromatic carbocycles. The maximum atomic E-state index is 12.9. The standard InChI is InChI=1S/C19H22ClN3O5S/c1-5-17(19(24)21-14-8-6-12(2)16(20)10-14)22(29(4,27)28)18-11-15(23(25)26)9-7-13(18)3/h6-11,17H,5H2,1-4H3,(H,21,24). The average Bonchev–Trinajstić information content (AvgIpc) is 2.62. The number of carbonyl (C=O) groups excluding carboxylic acids is 1. The molecule has 2 aromatic rings. The van der Waals surface area contributed by atoms with E-state index in [0.717, 1.165) is 22.2 Å². The summed E-state index contributed by atoms with van der Waals surface area (Å²) >= 11 is 6.09. The lowest BCUT2D eigenvalue weighted by molar-refractivity contribution is -0.384. The van der Waals surface area contributed by atoms with Crippen LogP contribution in [0.5, 0.6) is 0 Å². The van der Waals surface area contributed by atoms with Crippen LogP contribution in [0.2, 0.25) is 5.02 Å². The molecule has 0 fully saturated rings. The van der Waals surface area contributed by atoms with Gasteiger partial charge in [-0.05, 0) is 43.5 Å². The number of non-ortho nitro benzene ring substituents is 1. The van der Waals surface area contributed by atoms with Crippen LogP contribution in [0.15, 0.2) is 36.4 Å². The summed E-state index contributed by atoms with van der Waals surface area (Å²) in [6.07, 6.45) is 1.12. The lowest BCUT2D eigenvalue weighted by Gasteiger charge is -2.31. The highest BCUT2D eigenvalue weighted by molar-refractivity contribution is 7.92. The van der Waals surface area contributed by atoms with Gasteiger partial charge in [-0.2, -0.15) is 0 Å². The van der Waals surface area contributed by atoms with Crippen LogP contribution in [0.4, 0.5) is 17.1 Å². The van der Waals surface area contributed by atoms with Crippen molar-refractivity contribution in [2.75, 3.05) is 15.9 Å². The number of carbonyl (C=O) groups is 1. The number of rotatable bonds is 7. The predicted octanol–water partition coefficient (Wildman–Crippen LogP) is 4.05. The number of amides is 1. The number of sulfonamides is 1. The van der Waals surface area contributed by atoms with Crippen molar-refractivity contribution < 1.29 is 18.1 Å². The van der Waals surface area contributed by atoms with Crippen molar-refractivity contribution >= 4 is 44.6 Å². The molecule has 156 valence electrons. The first-order chi connectivity index (χ1) is 13.5. The van der Waals surface area contributed by atoms with E-state index in [2.05, 4.69) is 5.32 Å². The molecule has 1 N–H and O–H groups in total. The molecule has 29 heavy (non-hydrogen) atoms. The van der Waals surface area contributed by atoms with Gasteiger partial charge in [-0.3, -0.25) is 19.2 Å². The Morgan fingerprint density at radius 1 is 1.21 bits per heavy atom. The van der Waals surface area contributed by atoms with E-state index in [9.17, 15) is 23.3 Å². The second-order valence-corrected chi connectivity index (χ2v) is 8.93. The molecule has 1 atom stereocenters. The minimum atomic E-state index is -3.92. The lowest BCUT2D eigenvalue weighted by atomic mass is 10.1. The Balaban J connectivity index is 2.49. The Labute approximate surface area is 174 Å². The van der Waals surface area contributed by atoms with E-state index < -0.39 is 26.9 Å². The third-order valence-corrected chi connectivity index (χ3v) is 5.98. The number of hydrogen-bond donors (Lipinski definition) is 1. The molecule has 0 aliphatic rings. The molecule has 0 bridgehead atoms. The molecule has 0 saturated heterocycles. The van der Waals surface area contributed by atoms with Crippen LogP contribution in [0.25, 0.3) is 0 Å². The summed E-state index contributed by atoms with van der Waals surface area (Å²) < 4.78 is 26.1. The number of nitrogens with zero attached hydrogens (tertiary/aromatic N) is 2. The number of nitrogens with one attached hydrogen (secondary N) is 1. The van der Waals surface area contributed by atoms with Crippen molar-refractivity contribution in [2.45, 2.75) is 33.2 Å². The number of aryl methyl sites for hydroxylation is 2. The fourth-order valence-corrected chi connectivity index (χ4v) is 4.32. The van der Waals surface area contributed by atoms with Crippen LogP contribution in [-0.4, -0.2) is 31.5 Å². The smallest absolute Gasteiger partial charge is 0.271 e. The van der Waals surface area contributed by atoms with E-state index >= 15 is 0 Å². The molecule has 0 radical (unpaired) electrons. The van der Waals surface area contributed by atoms with Crippen LogP contribution in [0.3, 0.4) is 0 Å². The molecular formula is C19H22ClN3O5S. The van der Waals surface area contributed by atoms with Crippen LogP contribution >= 0.6 is 11.6 Å². The molecule has 0 heterocycles. The Kier molecular flexibility index (Phi) is 6.86. The topological polar surface area (TPSA) is 110 Å². The fourth-order valence-electron chi connectivity index (χ4n) is 2.88. The van der Waals surface area contributed by atoms with Crippen LogP contribution in [-0.2, 0) is 14.8 Å².